The van der Waals surface area contributed by atoms with Crippen molar-refractivity contribution in [1.29, 1.82) is 0 Å². The van der Waals surface area contributed by atoms with Gasteiger partial charge in [0.15, 0.2) is 0 Å². The molecule has 0 amide bonds. The molecule has 0 fully saturated rings. The van der Waals surface area contributed by atoms with Crippen molar-refractivity contribution in [2.75, 3.05) is 13.1 Å². The number of nitrogens with one attached hydrogen (secondary N) is 1. The first kappa shape index (κ1) is 8.51. The molecule has 2 heterocycles. The predicted octanol–water partition coefficient (Wildman–Crippen LogP) is 1.56. The van der Waals surface area contributed by atoms with Gasteiger partial charge in [-0.25, -0.2) is 0 Å². The van der Waals surface area contributed by atoms with Crippen LogP contribution in [0.1, 0.15) is 19.0 Å². The van der Waals surface area contributed by atoms with Gasteiger partial charge in [0.25, 0.3) is 0 Å². The van der Waals surface area contributed by atoms with Crippen molar-refractivity contribution in [2.24, 2.45) is 0 Å². The minimum absolute atomic E-state index is 0.991. The zero-order valence-corrected chi connectivity index (χ0v) is 7.95. The van der Waals surface area contributed by atoms with Gasteiger partial charge in [-0.1, -0.05) is 11.6 Å². The second-order valence-electron chi connectivity index (χ2n) is 3.63. The third-order valence-corrected chi connectivity index (χ3v) is 2.36. The summed E-state index contributed by atoms with van der Waals surface area (Å²) in [5.74, 6) is 0. The summed E-state index contributed by atoms with van der Waals surface area (Å²) in [4.78, 5) is 2.43. The first-order valence-electron chi connectivity index (χ1n) is 4.71. The largest absolute Gasteiger partial charge is 0.293 e. The lowest BCUT2D eigenvalue weighted by molar-refractivity contribution is 0.279. The lowest BCUT2D eigenvalue weighted by Gasteiger charge is -2.25. The molecule has 1 aromatic heterocycles. The predicted molar refractivity (Wildman–Crippen MR) is 52.2 cm³/mol. The molecule has 0 saturated heterocycles. The molecule has 1 aromatic rings. The van der Waals surface area contributed by atoms with E-state index in [1.54, 1.807) is 0 Å². The van der Waals surface area contributed by atoms with Crippen LogP contribution in [-0.4, -0.2) is 28.2 Å². The van der Waals surface area contributed by atoms with Crippen LogP contribution in [0.2, 0.25) is 0 Å². The van der Waals surface area contributed by atoms with Crippen LogP contribution in [0.4, 0.5) is 0 Å². The van der Waals surface area contributed by atoms with Crippen molar-refractivity contribution in [2.45, 2.75) is 19.9 Å². The molecule has 0 atom stereocenters. The number of hydrogen-bond acceptors (Lipinski definition) is 2. The summed E-state index contributed by atoms with van der Waals surface area (Å²) < 4.78 is 0. The molecule has 0 aliphatic carbocycles. The van der Waals surface area contributed by atoms with Gasteiger partial charge in [-0.2, -0.15) is 5.10 Å². The summed E-state index contributed by atoms with van der Waals surface area (Å²) in [6.45, 7) is 5.44. The lowest BCUT2D eigenvalue weighted by Crippen LogP contribution is -2.28. The Labute approximate surface area is 78.4 Å². The Hall–Kier alpha value is -1.09. The Morgan fingerprint density at radius 2 is 2.54 bits per heavy atom. The summed E-state index contributed by atoms with van der Waals surface area (Å²) in [5, 5.41) is 6.93. The van der Waals surface area contributed by atoms with E-state index in [1.165, 1.54) is 17.7 Å². The van der Waals surface area contributed by atoms with Crippen LogP contribution in [0.5, 0.6) is 0 Å². The van der Waals surface area contributed by atoms with Crippen molar-refractivity contribution >= 4 is 0 Å². The highest BCUT2D eigenvalue weighted by Gasteiger charge is 2.10. The monoisotopic (exact) mass is 177 g/mol. The molecule has 0 unspecified atom stereocenters. The van der Waals surface area contributed by atoms with Crippen LogP contribution in [-0.2, 0) is 6.54 Å². The molecule has 2 rings (SSSR count). The molecule has 1 aliphatic rings. The fourth-order valence-electron chi connectivity index (χ4n) is 1.74. The van der Waals surface area contributed by atoms with E-state index in [0.29, 0.717) is 0 Å². The van der Waals surface area contributed by atoms with Gasteiger partial charge in [0.1, 0.15) is 0 Å². The second-order valence-corrected chi connectivity index (χ2v) is 3.63. The SMILES string of the molecule is CC1=CCCN(Cc2ccn[nH]2)C1. The van der Waals surface area contributed by atoms with E-state index in [4.69, 9.17) is 0 Å². The van der Waals surface area contributed by atoms with Gasteiger partial charge in [-0.05, 0) is 19.4 Å². The van der Waals surface area contributed by atoms with E-state index in [1.807, 2.05) is 12.3 Å². The Morgan fingerprint density at radius 3 is 3.23 bits per heavy atom. The zero-order chi connectivity index (χ0) is 9.10. The summed E-state index contributed by atoms with van der Waals surface area (Å²) in [6, 6.07) is 2.04. The highest BCUT2D eigenvalue weighted by molar-refractivity contribution is 5.06. The molecule has 1 aliphatic heterocycles. The van der Waals surface area contributed by atoms with Crippen molar-refractivity contribution in [3.05, 3.63) is 29.6 Å². The maximum Gasteiger partial charge on any atom is 0.0492 e. The number of H-pyrrole nitrogens is 1. The number of aromatic nitrogens is 2. The lowest BCUT2D eigenvalue weighted by atomic mass is 10.1. The second kappa shape index (κ2) is 3.75. The minimum Gasteiger partial charge on any atom is -0.293 e. The molecular weight excluding hydrogens is 162 g/mol. The fraction of sp³-hybridized carbons (Fsp3) is 0.500. The van der Waals surface area contributed by atoms with Crippen LogP contribution in [0, 0.1) is 0 Å². The van der Waals surface area contributed by atoms with Crippen LogP contribution < -0.4 is 0 Å². The summed E-state index contributed by atoms with van der Waals surface area (Å²) >= 11 is 0. The van der Waals surface area contributed by atoms with Gasteiger partial charge < -0.3 is 0 Å². The molecule has 3 nitrogen and oxygen atoms in total. The van der Waals surface area contributed by atoms with Crippen LogP contribution >= 0.6 is 0 Å². The standard InChI is InChI=1S/C10H15N3/c1-9-3-2-6-13(7-9)8-10-4-5-11-12-10/h3-5H,2,6-8H2,1H3,(H,11,12). The smallest absolute Gasteiger partial charge is 0.0492 e. The molecular formula is C10H15N3. The topological polar surface area (TPSA) is 31.9 Å². The zero-order valence-electron chi connectivity index (χ0n) is 7.95. The first-order chi connectivity index (χ1) is 6.34. The highest BCUT2D eigenvalue weighted by atomic mass is 15.2. The normalized spacial score (nSPS) is 18.7. The number of hydrogen-bond donors (Lipinski definition) is 1. The molecule has 0 spiro atoms. The number of nitrogens with zero attached hydrogens (tertiary/aromatic N) is 2. The van der Waals surface area contributed by atoms with Gasteiger partial charge in [0.05, 0.1) is 0 Å². The van der Waals surface area contributed by atoms with Crippen molar-refractivity contribution in [3.63, 3.8) is 0 Å². The van der Waals surface area contributed by atoms with Gasteiger partial charge in [0, 0.05) is 31.5 Å². The van der Waals surface area contributed by atoms with Gasteiger partial charge in [-0.15, -0.1) is 0 Å². The van der Waals surface area contributed by atoms with E-state index < -0.39 is 0 Å². The minimum atomic E-state index is 0.991. The first-order valence-corrected chi connectivity index (χ1v) is 4.71. The van der Waals surface area contributed by atoms with Gasteiger partial charge in [-0.3, -0.25) is 10.00 Å². The Balaban J connectivity index is 1.93. The van der Waals surface area contributed by atoms with Crippen LogP contribution in [0.3, 0.4) is 0 Å². The highest BCUT2D eigenvalue weighted by Crippen LogP contribution is 2.11. The maximum atomic E-state index is 3.94. The number of rotatable bonds is 2. The van der Waals surface area contributed by atoms with Crippen LogP contribution in [0.15, 0.2) is 23.9 Å². The Kier molecular flexibility index (Phi) is 2.45. The van der Waals surface area contributed by atoms with Crippen molar-refractivity contribution in [3.8, 4) is 0 Å². The van der Waals surface area contributed by atoms with Gasteiger partial charge >= 0.3 is 0 Å². The molecule has 13 heavy (non-hydrogen) atoms. The maximum absolute atomic E-state index is 3.94. The average Bonchev–Trinajstić information content (AvgIpc) is 2.57. The Morgan fingerprint density at radius 1 is 1.62 bits per heavy atom. The van der Waals surface area contributed by atoms with E-state index in [-0.39, 0.29) is 0 Å². The molecule has 0 aromatic carbocycles. The van der Waals surface area contributed by atoms with E-state index in [2.05, 4.69) is 28.1 Å². The Bertz CT molecular complexity index is 287. The van der Waals surface area contributed by atoms with Crippen LogP contribution in [0.25, 0.3) is 0 Å². The molecule has 1 N–H and O–H groups in total. The van der Waals surface area contributed by atoms with E-state index in [0.717, 1.165) is 19.6 Å². The van der Waals surface area contributed by atoms with Crippen molar-refractivity contribution in [1.82, 2.24) is 15.1 Å². The van der Waals surface area contributed by atoms with Gasteiger partial charge in [0.2, 0.25) is 0 Å². The molecule has 0 radical (unpaired) electrons. The third-order valence-electron chi connectivity index (χ3n) is 2.36. The quantitative estimate of drug-likeness (QED) is 0.695. The third kappa shape index (κ3) is 2.18. The molecule has 0 bridgehead atoms. The molecule has 0 saturated carbocycles. The molecule has 70 valence electrons. The molecule has 3 heteroatoms. The van der Waals surface area contributed by atoms with E-state index >= 15 is 0 Å². The summed E-state index contributed by atoms with van der Waals surface area (Å²) in [5.41, 5.74) is 2.68. The average molecular weight is 177 g/mol. The van der Waals surface area contributed by atoms with Crippen molar-refractivity contribution < 1.29 is 0 Å². The fourth-order valence-corrected chi connectivity index (χ4v) is 1.74. The summed E-state index contributed by atoms with van der Waals surface area (Å²) in [7, 11) is 0. The summed E-state index contributed by atoms with van der Waals surface area (Å²) in [6.07, 6.45) is 5.31. The number of aromatic amines is 1. The van der Waals surface area contributed by atoms with E-state index in [9.17, 15) is 0 Å².